The second-order valence-corrected chi connectivity index (χ2v) is 6.12. The fraction of sp³-hybridized carbons (Fsp3) is 0.222. The van der Waals surface area contributed by atoms with Crippen molar-refractivity contribution in [1.29, 1.82) is 0 Å². The lowest BCUT2D eigenvalue weighted by Crippen LogP contribution is -2.12. The van der Waals surface area contributed by atoms with Crippen LogP contribution in [0, 0.1) is 11.7 Å². The first-order chi connectivity index (χ1) is 12.2. The van der Waals surface area contributed by atoms with Crippen LogP contribution in [0.15, 0.2) is 49.3 Å². The molecule has 0 amide bonds. The molecular weight excluding hydrogens is 319 g/mol. The zero-order valence-corrected chi connectivity index (χ0v) is 13.7. The molecule has 4 rings (SSSR count). The van der Waals surface area contributed by atoms with E-state index in [1.165, 1.54) is 11.6 Å². The van der Waals surface area contributed by atoms with Gasteiger partial charge in [0.05, 0.1) is 11.8 Å². The summed E-state index contributed by atoms with van der Waals surface area (Å²) in [4.78, 5) is 20.0. The molecule has 4 heterocycles. The number of rotatable bonds is 5. The normalized spacial score (nSPS) is 12.6. The first-order valence-electron chi connectivity index (χ1n) is 8.11. The number of fused-ring (bicyclic) bond motifs is 1. The van der Waals surface area contributed by atoms with Crippen molar-refractivity contribution < 1.29 is 4.39 Å². The monoisotopic (exact) mass is 336 g/mol. The second kappa shape index (κ2) is 6.43. The van der Waals surface area contributed by atoms with Gasteiger partial charge in [-0.2, -0.15) is 0 Å². The summed E-state index contributed by atoms with van der Waals surface area (Å²) in [5.41, 5.74) is 3.14. The summed E-state index contributed by atoms with van der Waals surface area (Å²) in [5.74, 6) is 0.496. The summed E-state index contributed by atoms with van der Waals surface area (Å²) in [5, 5.41) is 0. The molecule has 1 N–H and O–H groups in total. The molecule has 4 aromatic rings. The van der Waals surface area contributed by atoms with Gasteiger partial charge in [-0.25, -0.2) is 24.3 Å². The van der Waals surface area contributed by atoms with Gasteiger partial charge in [-0.05, 0) is 36.1 Å². The Morgan fingerprint density at radius 3 is 2.92 bits per heavy atom. The van der Waals surface area contributed by atoms with Crippen LogP contribution < -0.4 is 0 Å². The molecule has 0 radical (unpaired) electrons. The molecule has 0 aliphatic heterocycles. The third-order valence-corrected chi connectivity index (χ3v) is 4.18. The molecule has 0 saturated heterocycles. The molecule has 0 bridgehead atoms. The van der Waals surface area contributed by atoms with Crippen LogP contribution in [0.5, 0.6) is 0 Å². The molecule has 1 atom stereocenters. The Kier molecular flexibility index (Phi) is 3.97. The largest absolute Gasteiger partial charge is 0.343 e. The van der Waals surface area contributed by atoms with Gasteiger partial charge in [-0.3, -0.25) is 0 Å². The smallest absolute Gasteiger partial charge is 0.177 e. The van der Waals surface area contributed by atoms with E-state index < -0.39 is 0 Å². The fourth-order valence-electron chi connectivity index (χ4n) is 3.07. The third-order valence-electron chi connectivity index (χ3n) is 4.18. The molecule has 126 valence electrons. The standard InChI is InChI=1S/C18H17FN6/c1-12(9-13-4-6-21-17-15(13)23-11-24-17)10-25-8-7-22-18(25)16-14(19)3-2-5-20-16/h2-8,11-12H,9-10H2,1H3,(H,21,23,24). The summed E-state index contributed by atoms with van der Waals surface area (Å²) >= 11 is 0. The zero-order chi connectivity index (χ0) is 17.2. The summed E-state index contributed by atoms with van der Waals surface area (Å²) in [6.07, 6.45) is 9.39. The van der Waals surface area contributed by atoms with Gasteiger partial charge in [0.15, 0.2) is 17.3 Å². The molecule has 6 nitrogen and oxygen atoms in total. The molecule has 0 aromatic carbocycles. The first kappa shape index (κ1) is 15.4. The topological polar surface area (TPSA) is 72.3 Å². The van der Waals surface area contributed by atoms with E-state index >= 15 is 0 Å². The van der Waals surface area contributed by atoms with Crippen molar-refractivity contribution in [1.82, 2.24) is 29.5 Å². The minimum atomic E-state index is -0.365. The van der Waals surface area contributed by atoms with Crippen molar-refractivity contribution in [3.05, 3.63) is 60.7 Å². The number of aromatic nitrogens is 6. The van der Waals surface area contributed by atoms with E-state index in [2.05, 4.69) is 31.8 Å². The van der Waals surface area contributed by atoms with Gasteiger partial charge in [0.2, 0.25) is 0 Å². The van der Waals surface area contributed by atoms with Gasteiger partial charge in [0, 0.05) is 31.3 Å². The quantitative estimate of drug-likeness (QED) is 0.607. The predicted molar refractivity (Wildman–Crippen MR) is 92.2 cm³/mol. The summed E-state index contributed by atoms with van der Waals surface area (Å²) in [6, 6.07) is 4.98. The summed E-state index contributed by atoms with van der Waals surface area (Å²) in [7, 11) is 0. The lowest BCUT2D eigenvalue weighted by atomic mass is 10.0. The average molecular weight is 336 g/mol. The Balaban J connectivity index is 1.56. The van der Waals surface area contributed by atoms with E-state index in [1.807, 2.05) is 16.8 Å². The van der Waals surface area contributed by atoms with E-state index in [0.29, 0.717) is 18.3 Å². The van der Waals surface area contributed by atoms with Crippen molar-refractivity contribution in [2.24, 2.45) is 5.92 Å². The van der Waals surface area contributed by atoms with Crippen molar-refractivity contribution in [3.63, 3.8) is 0 Å². The first-order valence-corrected chi connectivity index (χ1v) is 8.11. The highest BCUT2D eigenvalue weighted by molar-refractivity contribution is 5.73. The van der Waals surface area contributed by atoms with E-state index in [9.17, 15) is 4.39 Å². The van der Waals surface area contributed by atoms with Crippen LogP contribution in [0.1, 0.15) is 12.5 Å². The third kappa shape index (κ3) is 3.00. The second-order valence-electron chi connectivity index (χ2n) is 6.12. The Hall–Kier alpha value is -3.09. The molecule has 0 saturated carbocycles. The van der Waals surface area contributed by atoms with Crippen molar-refractivity contribution in [2.75, 3.05) is 0 Å². The van der Waals surface area contributed by atoms with Crippen LogP contribution in [0.2, 0.25) is 0 Å². The number of hydrogen-bond donors (Lipinski definition) is 1. The molecular formula is C18H17FN6. The molecule has 0 aliphatic rings. The fourth-order valence-corrected chi connectivity index (χ4v) is 3.07. The Morgan fingerprint density at radius 2 is 2.04 bits per heavy atom. The van der Waals surface area contributed by atoms with E-state index in [-0.39, 0.29) is 11.5 Å². The highest BCUT2D eigenvalue weighted by Crippen LogP contribution is 2.21. The number of H-pyrrole nitrogens is 1. The van der Waals surface area contributed by atoms with Crippen LogP contribution in [0.25, 0.3) is 22.7 Å². The lowest BCUT2D eigenvalue weighted by Gasteiger charge is -2.15. The molecule has 0 aliphatic carbocycles. The highest BCUT2D eigenvalue weighted by Gasteiger charge is 2.15. The maximum absolute atomic E-state index is 14.0. The van der Waals surface area contributed by atoms with Crippen LogP contribution in [-0.4, -0.2) is 29.5 Å². The number of pyridine rings is 2. The summed E-state index contributed by atoms with van der Waals surface area (Å²) < 4.78 is 16.0. The van der Waals surface area contributed by atoms with Crippen molar-refractivity contribution in [2.45, 2.75) is 19.9 Å². The minimum absolute atomic E-state index is 0.277. The van der Waals surface area contributed by atoms with E-state index in [1.54, 1.807) is 31.0 Å². The van der Waals surface area contributed by atoms with Gasteiger partial charge in [-0.1, -0.05) is 6.92 Å². The minimum Gasteiger partial charge on any atom is -0.343 e. The Labute approximate surface area is 143 Å². The van der Waals surface area contributed by atoms with Gasteiger partial charge in [-0.15, -0.1) is 0 Å². The van der Waals surface area contributed by atoms with Gasteiger partial charge >= 0.3 is 0 Å². The predicted octanol–water partition coefficient (Wildman–Crippen LogP) is 3.23. The molecule has 7 heteroatoms. The Bertz CT molecular complexity index is 1010. The van der Waals surface area contributed by atoms with Gasteiger partial charge in [0.25, 0.3) is 0 Å². The SMILES string of the molecule is CC(Cc1ccnc2nc[nH]c12)Cn1ccnc1-c1ncccc1F. The zero-order valence-electron chi connectivity index (χ0n) is 13.7. The van der Waals surface area contributed by atoms with Crippen LogP contribution >= 0.6 is 0 Å². The maximum Gasteiger partial charge on any atom is 0.177 e. The van der Waals surface area contributed by atoms with E-state index in [4.69, 9.17) is 0 Å². The Morgan fingerprint density at radius 1 is 1.12 bits per heavy atom. The highest BCUT2D eigenvalue weighted by atomic mass is 19.1. The van der Waals surface area contributed by atoms with Gasteiger partial charge in [0.1, 0.15) is 5.69 Å². The number of imidazole rings is 2. The lowest BCUT2D eigenvalue weighted by molar-refractivity contribution is 0.482. The van der Waals surface area contributed by atoms with Crippen LogP contribution in [0.3, 0.4) is 0 Å². The molecule has 1 unspecified atom stereocenters. The molecule has 4 aromatic heterocycles. The van der Waals surface area contributed by atoms with Crippen molar-refractivity contribution in [3.8, 4) is 11.5 Å². The van der Waals surface area contributed by atoms with Crippen LogP contribution in [0.4, 0.5) is 4.39 Å². The molecule has 0 fully saturated rings. The van der Waals surface area contributed by atoms with Crippen LogP contribution in [-0.2, 0) is 13.0 Å². The summed E-state index contributed by atoms with van der Waals surface area (Å²) in [6.45, 7) is 2.87. The number of hydrogen-bond acceptors (Lipinski definition) is 4. The van der Waals surface area contributed by atoms with Crippen molar-refractivity contribution >= 4 is 11.2 Å². The molecule has 25 heavy (non-hydrogen) atoms. The number of aromatic amines is 1. The van der Waals surface area contributed by atoms with E-state index in [0.717, 1.165) is 17.6 Å². The number of halogens is 1. The average Bonchev–Trinajstić information content (AvgIpc) is 3.25. The number of nitrogens with zero attached hydrogens (tertiary/aromatic N) is 5. The number of nitrogens with one attached hydrogen (secondary N) is 1. The maximum atomic E-state index is 14.0. The van der Waals surface area contributed by atoms with Gasteiger partial charge < -0.3 is 9.55 Å². The molecule has 0 spiro atoms.